The molecular weight excluding hydrogens is 207 g/mol. The lowest BCUT2D eigenvalue weighted by molar-refractivity contribution is 0.528. The number of hydrogen-bond donors (Lipinski definition) is 1. The van der Waals surface area contributed by atoms with Crippen molar-refractivity contribution in [2.24, 2.45) is 0 Å². The molecule has 0 spiro atoms. The van der Waals surface area contributed by atoms with Crippen LogP contribution in [0, 0.1) is 12.7 Å². The van der Waals surface area contributed by atoms with Crippen molar-refractivity contribution >= 4 is 6.01 Å². The minimum atomic E-state index is -0.233. The van der Waals surface area contributed by atoms with E-state index in [1.54, 1.807) is 13.1 Å². The van der Waals surface area contributed by atoms with Crippen molar-refractivity contribution in [3.05, 3.63) is 47.1 Å². The number of rotatable bonds is 3. The zero-order valence-electron chi connectivity index (χ0n) is 9.25. The molecule has 0 radical (unpaired) electrons. The van der Waals surface area contributed by atoms with Crippen molar-refractivity contribution in [3.8, 4) is 0 Å². The fourth-order valence-electron chi connectivity index (χ4n) is 1.53. The first-order valence-corrected chi connectivity index (χ1v) is 5.07. The predicted molar refractivity (Wildman–Crippen MR) is 60.0 cm³/mol. The van der Waals surface area contributed by atoms with Crippen LogP contribution < -0.4 is 5.32 Å². The van der Waals surface area contributed by atoms with Gasteiger partial charge < -0.3 is 9.73 Å². The molecule has 2 rings (SSSR count). The van der Waals surface area contributed by atoms with Crippen molar-refractivity contribution in [3.63, 3.8) is 0 Å². The average molecular weight is 220 g/mol. The summed E-state index contributed by atoms with van der Waals surface area (Å²) < 4.78 is 18.4. The third-order valence-corrected chi connectivity index (χ3v) is 2.36. The van der Waals surface area contributed by atoms with E-state index in [9.17, 15) is 4.39 Å². The Balaban J connectivity index is 2.23. The monoisotopic (exact) mass is 220 g/mol. The maximum absolute atomic E-state index is 13.0. The van der Waals surface area contributed by atoms with Crippen LogP contribution in [0.4, 0.5) is 10.4 Å². The highest BCUT2D eigenvalue weighted by Crippen LogP contribution is 2.18. The van der Waals surface area contributed by atoms with Gasteiger partial charge in [0.05, 0.1) is 5.69 Å². The summed E-state index contributed by atoms with van der Waals surface area (Å²) in [7, 11) is 1.75. The Hall–Kier alpha value is -1.84. The van der Waals surface area contributed by atoms with Crippen molar-refractivity contribution in [1.29, 1.82) is 0 Å². The first-order valence-electron chi connectivity index (χ1n) is 5.07. The van der Waals surface area contributed by atoms with Gasteiger partial charge in [-0.1, -0.05) is 12.1 Å². The topological polar surface area (TPSA) is 38.1 Å². The Bertz CT molecular complexity index is 494. The average Bonchev–Trinajstić information content (AvgIpc) is 2.60. The highest BCUT2D eigenvalue weighted by molar-refractivity contribution is 5.28. The molecule has 1 N–H and O–H groups in total. The fraction of sp³-hybridized carbons (Fsp3) is 0.250. The predicted octanol–water partition coefficient (Wildman–Crippen LogP) is 2.75. The molecule has 1 heterocycles. The largest absolute Gasteiger partial charge is 0.428 e. The molecular formula is C12H13FN2O. The zero-order valence-corrected chi connectivity index (χ0v) is 9.25. The lowest BCUT2D eigenvalue weighted by Crippen LogP contribution is -1.89. The molecule has 2 aromatic rings. The Kier molecular flexibility index (Phi) is 2.90. The number of aryl methyl sites for hydroxylation is 1. The van der Waals surface area contributed by atoms with Gasteiger partial charge in [-0.3, -0.25) is 0 Å². The molecule has 3 nitrogen and oxygen atoms in total. The van der Waals surface area contributed by atoms with E-state index in [4.69, 9.17) is 4.42 Å². The maximum Gasteiger partial charge on any atom is 0.294 e. The summed E-state index contributed by atoms with van der Waals surface area (Å²) >= 11 is 0. The molecule has 0 aliphatic rings. The molecule has 0 atom stereocenters. The van der Waals surface area contributed by atoms with Crippen molar-refractivity contribution in [2.75, 3.05) is 12.4 Å². The molecule has 0 bridgehead atoms. The fourth-order valence-corrected chi connectivity index (χ4v) is 1.53. The lowest BCUT2D eigenvalue weighted by Gasteiger charge is -1.98. The summed E-state index contributed by atoms with van der Waals surface area (Å²) in [5, 5.41) is 2.83. The molecule has 84 valence electrons. The summed E-state index contributed by atoms with van der Waals surface area (Å²) in [5.41, 5.74) is 1.70. The van der Waals surface area contributed by atoms with Gasteiger partial charge in [-0.15, -0.1) is 0 Å². The van der Waals surface area contributed by atoms with Gasteiger partial charge >= 0.3 is 0 Å². The summed E-state index contributed by atoms with van der Waals surface area (Å²) in [6.45, 7) is 1.87. The number of aromatic nitrogens is 1. The molecule has 0 saturated heterocycles. The van der Waals surface area contributed by atoms with Gasteiger partial charge in [-0.2, -0.15) is 4.98 Å². The molecule has 1 aromatic carbocycles. The van der Waals surface area contributed by atoms with Crippen LogP contribution in [0.15, 0.2) is 28.7 Å². The van der Waals surface area contributed by atoms with E-state index >= 15 is 0 Å². The highest BCUT2D eigenvalue weighted by atomic mass is 19.1. The molecule has 0 unspecified atom stereocenters. The molecule has 4 heteroatoms. The quantitative estimate of drug-likeness (QED) is 0.864. The second-order valence-electron chi connectivity index (χ2n) is 3.58. The molecule has 16 heavy (non-hydrogen) atoms. The summed E-state index contributed by atoms with van der Waals surface area (Å²) in [5.74, 6) is 0.526. The smallest absolute Gasteiger partial charge is 0.294 e. The third kappa shape index (κ3) is 2.21. The number of halogens is 1. The van der Waals surface area contributed by atoms with Crippen LogP contribution >= 0.6 is 0 Å². The van der Waals surface area contributed by atoms with Crippen molar-refractivity contribution in [1.82, 2.24) is 4.98 Å². The first-order chi connectivity index (χ1) is 7.69. The first kappa shape index (κ1) is 10.7. The van der Waals surface area contributed by atoms with Crippen LogP contribution in [0.1, 0.15) is 17.0 Å². The highest BCUT2D eigenvalue weighted by Gasteiger charge is 2.09. The van der Waals surface area contributed by atoms with E-state index in [1.807, 2.05) is 13.0 Å². The van der Waals surface area contributed by atoms with Crippen LogP contribution in [0.3, 0.4) is 0 Å². The summed E-state index contributed by atoms with van der Waals surface area (Å²) in [4.78, 5) is 4.18. The van der Waals surface area contributed by atoms with E-state index in [0.29, 0.717) is 12.4 Å². The number of benzene rings is 1. The van der Waals surface area contributed by atoms with E-state index in [2.05, 4.69) is 10.3 Å². The number of hydrogen-bond acceptors (Lipinski definition) is 3. The molecule has 0 fully saturated rings. The van der Waals surface area contributed by atoms with Gasteiger partial charge in [-0.25, -0.2) is 4.39 Å². The number of oxazole rings is 1. The Morgan fingerprint density at radius 2 is 2.25 bits per heavy atom. The van der Waals surface area contributed by atoms with Gasteiger partial charge in [0.2, 0.25) is 0 Å². The minimum Gasteiger partial charge on any atom is -0.428 e. The minimum absolute atomic E-state index is 0.233. The summed E-state index contributed by atoms with van der Waals surface area (Å²) in [6.07, 6.45) is 0.554. The van der Waals surface area contributed by atoms with Crippen LogP contribution in [0.5, 0.6) is 0 Å². The van der Waals surface area contributed by atoms with Gasteiger partial charge in [0, 0.05) is 13.5 Å². The van der Waals surface area contributed by atoms with Crippen LogP contribution in [0.25, 0.3) is 0 Å². The van der Waals surface area contributed by atoms with Crippen molar-refractivity contribution < 1.29 is 8.81 Å². The van der Waals surface area contributed by atoms with Crippen molar-refractivity contribution in [2.45, 2.75) is 13.3 Å². The Morgan fingerprint density at radius 1 is 1.44 bits per heavy atom. The molecule has 0 saturated carbocycles. The second kappa shape index (κ2) is 4.35. The number of nitrogens with one attached hydrogen (secondary N) is 1. The number of anilines is 1. The molecule has 0 amide bonds. The molecule has 0 aliphatic heterocycles. The third-order valence-electron chi connectivity index (χ3n) is 2.36. The molecule has 1 aromatic heterocycles. The van der Waals surface area contributed by atoms with E-state index in [0.717, 1.165) is 17.0 Å². The van der Waals surface area contributed by atoms with Crippen LogP contribution in [0.2, 0.25) is 0 Å². The zero-order chi connectivity index (χ0) is 11.5. The normalized spacial score (nSPS) is 10.4. The Labute approximate surface area is 93.3 Å². The van der Waals surface area contributed by atoms with Crippen LogP contribution in [-0.2, 0) is 6.42 Å². The van der Waals surface area contributed by atoms with Gasteiger partial charge in [0.1, 0.15) is 11.6 Å². The van der Waals surface area contributed by atoms with Gasteiger partial charge in [-0.05, 0) is 24.6 Å². The second-order valence-corrected chi connectivity index (χ2v) is 3.58. The molecule has 0 aliphatic carbocycles. The van der Waals surface area contributed by atoms with E-state index in [1.165, 1.54) is 12.1 Å². The lowest BCUT2D eigenvalue weighted by atomic mass is 10.1. The van der Waals surface area contributed by atoms with E-state index < -0.39 is 0 Å². The maximum atomic E-state index is 13.0. The van der Waals surface area contributed by atoms with Gasteiger partial charge in [0.15, 0.2) is 0 Å². The van der Waals surface area contributed by atoms with Crippen LogP contribution in [-0.4, -0.2) is 12.0 Å². The Morgan fingerprint density at radius 3 is 2.88 bits per heavy atom. The number of nitrogens with zero attached hydrogens (tertiary/aromatic N) is 1. The van der Waals surface area contributed by atoms with Gasteiger partial charge in [0.25, 0.3) is 6.01 Å². The SMILES string of the molecule is CNc1nc(C)c(Cc2cccc(F)c2)o1. The summed E-state index contributed by atoms with van der Waals surface area (Å²) in [6, 6.07) is 6.97. The standard InChI is InChI=1S/C12H13FN2O/c1-8-11(16-12(14-2)15-8)7-9-4-3-5-10(13)6-9/h3-6H,7H2,1-2H3,(H,14,15). The van der Waals surface area contributed by atoms with E-state index in [-0.39, 0.29) is 5.82 Å².